The van der Waals surface area contributed by atoms with Gasteiger partial charge in [-0.15, -0.1) is 0 Å². The summed E-state index contributed by atoms with van der Waals surface area (Å²) in [5.41, 5.74) is 2.78. The van der Waals surface area contributed by atoms with E-state index in [2.05, 4.69) is 0 Å². The van der Waals surface area contributed by atoms with Crippen LogP contribution in [0, 0.1) is 5.82 Å². The average molecular weight is 484 g/mol. The number of benzene rings is 3. The van der Waals surface area contributed by atoms with Gasteiger partial charge in [0.05, 0.1) is 5.69 Å². The molecule has 0 unspecified atom stereocenters. The SMILES string of the molecule is O=c1oc2c3c(n(-c4ccccc4)c(=O)c2c(O)c1Sc1cccc(F)c1)-c1ccccc1CC3. The molecule has 2 aromatic heterocycles. The maximum absolute atomic E-state index is 14.0. The minimum absolute atomic E-state index is 0.0644. The first-order chi connectivity index (χ1) is 17.0. The van der Waals surface area contributed by atoms with Crippen LogP contribution in [-0.4, -0.2) is 9.67 Å². The highest BCUT2D eigenvalue weighted by atomic mass is 32.2. The normalized spacial score (nSPS) is 12.4. The van der Waals surface area contributed by atoms with Crippen molar-refractivity contribution in [3.63, 3.8) is 0 Å². The van der Waals surface area contributed by atoms with Gasteiger partial charge in [-0.25, -0.2) is 9.18 Å². The number of fused-ring (bicyclic) bond motifs is 5. The largest absolute Gasteiger partial charge is 0.505 e. The smallest absolute Gasteiger partial charge is 0.354 e. The van der Waals surface area contributed by atoms with Gasteiger partial charge in [-0.1, -0.05) is 60.3 Å². The molecule has 0 bridgehead atoms. The van der Waals surface area contributed by atoms with Crippen molar-refractivity contribution in [3.8, 4) is 22.7 Å². The van der Waals surface area contributed by atoms with Crippen LogP contribution in [-0.2, 0) is 12.8 Å². The van der Waals surface area contributed by atoms with Crippen LogP contribution in [0.4, 0.5) is 4.39 Å². The van der Waals surface area contributed by atoms with Gasteiger partial charge in [0.2, 0.25) is 0 Å². The minimum atomic E-state index is -0.776. The standard InChI is InChI=1S/C28H18FNO4S/c29-17-8-6-11-19(15-17)35-26-24(31)22-25(34-28(26)33)21-14-13-16-7-4-5-12-20(16)23(21)30(27(22)32)18-9-2-1-3-10-18/h1-12,15,31H,13-14H2. The lowest BCUT2D eigenvalue weighted by atomic mass is 9.87. The van der Waals surface area contributed by atoms with Gasteiger partial charge in [-0.05, 0) is 48.7 Å². The number of halogens is 1. The van der Waals surface area contributed by atoms with Crippen molar-refractivity contribution < 1.29 is 13.9 Å². The summed E-state index contributed by atoms with van der Waals surface area (Å²) in [7, 11) is 0. The zero-order valence-electron chi connectivity index (χ0n) is 18.3. The fraction of sp³-hybridized carbons (Fsp3) is 0.0714. The van der Waals surface area contributed by atoms with Crippen LogP contribution >= 0.6 is 11.8 Å². The molecule has 2 heterocycles. The second-order valence-electron chi connectivity index (χ2n) is 8.29. The lowest BCUT2D eigenvalue weighted by Gasteiger charge is -2.25. The van der Waals surface area contributed by atoms with Crippen LogP contribution in [0.25, 0.3) is 27.9 Å². The highest BCUT2D eigenvalue weighted by Gasteiger charge is 2.29. The van der Waals surface area contributed by atoms with Crippen molar-refractivity contribution in [2.45, 2.75) is 22.6 Å². The van der Waals surface area contributed by atoms with Crippen LogP contribution < -0.4 is 11.2 Å². The first-order valence-corrected chi connectivity index (χ1v) is 11.9. The molecule has 0 aliphatic heterocycles. The molecule has 0 amide bonds. The molecule has 1 N–H and O–H groups in total. The number of rotatable bonds is 3. The Kier molecular flexibility index (Phi) is 5.07. The number of aromatic hydroxyl groups is 1. The Morgan fingerprint density at radius 2 is 1.69 bits per heavy atom. The molecule has 3 aromatic carbocycles. The Balaban J connectivity index is 1.71. The Labute approximate surface area is 203 Å². The molecule has 5 nitrogen and oxygen atoms in total. The van der Waals surface area contributed by atoms with Gasteiger partial charge in [0.15, 0.2) is 11.3 Å². The lowest BCUT2D eigenvalue weighted by molar-refractivity contribution is 0.445. The first kappa shape index (κ1) is 21.4. The molecule has 0 saturated carbocycles. The molecule has 35 heavy (non-hydrogen) atoms. The molecule has 0 saturated heterocycles. The Hall–Kier alpha value is -4.10. The van der Waals surface area contributed by atoms with E-state index in [0.717, 1.165) is 22.9 Å². The van der Waals surface area contributed by atoms with Gasteiger partial charge in [0, 0.05) is 21.7 Å². The number of aromatic nitrogens is 1. The number of pyridine rings is 1. The average Bonchev–Trinajstić information content (AvgIpc) is 2.87. The fourth-order valence-corrected chi connectivity index (χ4v) is 5.56. The zero-order valence-corrected chi connectivity index (χ0v) is 19.1. The monoisotopic (exact) mass is 483 g/mol. The number of para-hydroxylation sites is 1. The van der Waals surface area contributed by atoms with Crippen LogP contribution in [0.15, 0.2) is 103 Å². The van der Waals surface area contributed by atoms with Crippen LogP contribution in [0.5, 0.6) is 5.75 Å². The van der Waals surface area contributed by atoms with Gasteiger partial charge in [-0.3, -0.25) is 9.36 Å². The maximum atomic E-state index is 14.0. The topological polar surface area (TPSA) is 72.4 Å². The number of hydrogen-bond donors (Lipinski definition) is 1. The molecular weight excluding hydrogens is 465 g/mol. The maximum Gasteiger partial charge on any atom is 0.354 e. The fourth-order valence-electron chi connectivity index (χ4n) is 4.68. The van der Waals surface area contributed by atoms with Crippen molar-refractivity contribution >= 4 is 22.7 Å². The summed E-state index contributed by atoms with van der Waals surface area (Å²) in [6.07, 6.45) is 1.24. The summed E-state index contributed by atoms with van der Waals surface area (Å²) in [4.78, 5) is 27.2. The molecule has 1 aliphatic rings. The molecule has 172 valence electrons. The Morgan fingerprint density at radius 1 is 0.914 bits per heavy atom. The van der Waals surface area contributed by atoms with E-state index < -0.39 is 22.8 Å². The van der Waals surface area contributed by atoms with E-state index in [1.807, 2.05) is 54.6 Å². The van der Waals surface area contributed by atoms with Crippen LogP contribution in [0.1, 0.15) is 11.1 Å². The van der Waals surface area contributed by atoms with Crippen molar-refractivity contribution in [1.29, 1.82) is 0 Å². The molecule has 7 heteroatoms. The number of hydrogen-bond acceptors (Lipinski definition) is 5. The van der Waals surface area contributed by atoms with Gasteiger partial charge < -0.3 is 9.52 Å². The molecule has 1 aliphatic carbocycles. The summed E-state index contributed by atoms with van der Waals surface area (Å²) in [5.74, 6) is -0.930. The predicted octanol–water partition coefficient (Wildman–Crippen LogP) is 5.71. The van der Waals surface area contributed by atoms with Crippen LogP contribution in [0.3, 0.4) is 0 Å². The molecule has 0 atom stereocenters. The molecule has 0 spiro atoms. The summed E-state index contributed by atoms with van der Waals surface area (Å²) in [5, 5.41) is 11.2. The Morgan fingerprint density at radius 3 is 2.49 bits per heavy atom. The highest BCUT2D eigenvalue weighted by molar-refractivity contribution is 7.99. The summed E-state index contributed by atoms with van der Waals surface area (Å²) >= 11 is 0.862. The second-order valence-corrected chi connectivity index (χ2v) is 9.38. The van der Waals surface area contributed by atoms with Gasteiger partial charge in [-0.2, -0.15) is 0 Å². The third-order valence-corrected chi connectivity index (χ3v) is 7.26. The number of aryl methyl sites for hydroxylation is 2. The van der Waals surface area contributed by atoms with E-state index in [0.29, 0.717) is 34.7 Å². The molecular formula is C28H18FNO4S. The highest BCUT2D eigenvalue weighted by Crippen LogP contribution is 2.41. The van der Waals surface area contributed by atoms with E-state index in [-0.39, 0.29) is 15.9 Å². The molecule has 0 radical (unpaired) electrons. The van der Waals surface area contributed by atoms with Gasteiger partial charge >= 0.3 is 5.63 Å². The van der Waals surface area contributed by atoms with Crippen molar-refractivity contribution in [3.05, 3.63) is 117 Å². The summed E-state index contributed by atoms with van der Waals surface area (Å²) < 4.78 is 21.0. The van der Waals surface area contributed by atoms with Crippen LogP contribution in [0.2, 0.25) is 0 Å². The third-order valence-electron chi connectivity index (χ3n) is 6.21. The summed E-state index contributed by atoms with van der Waals surface area (Å²) in [6, 6.07) is 22.7. The zero-order chi connectivity index (χ0) is 24.1. The van der Waals surface area contributed by atoms with E-state index in [1.54, 1.807) is 10.6 Å². The molecule has 5 aromatic rings. The minimum Gasteiger partial charge on any atom is -0.505 e. The summed E-state index contributed by atoms with van der Waals surface area (Å²) in [6.45, 7) is 0. The predicted molar refractivity (Wildman–Crippen MR) is 133 cm³/mol. The first-order valence-electron chi connectivity index (χ1n) is 11.1. The third kappa shape index (κ3) is 3.47. The van der Waals surface area contributed by atoms with E-state index >= 15 is 0 Å². The Bertz CT molecular complexity index is 1740. The van der Waals surface area contributed by atoms with Crippen molar-refractivity contribution in [1.82, 2.24) is 4.57 Å². The quantitative estimate of drug-likeness (QED) is 0.356. The molecule has 6 rings (SSSR count). The van der Waals surface area contributed by atoms with E-state index in [1.165, 1.54) is 18.2 Å². The van der Waals surface area contributed by atoms with Gasteiger partial charge in [0.25, 0.3) is 5.56 Å². The van der Waals surface area contributed by atoms with E-state index in [9.17, 15) is 19.1 Å². The van der Waals surface area contributed by atoms with E-state index in [4.69, 9.17) is 4.42 Å². The lowest BCUT2D eigenvalue weighted by Crippen LogP contribution is -2.25. The van der Waals surface area contributed by atoms with Crippen molar-refractivity contribution in [2.24, 2.45) is 0 Å². The van der Waals surface area contributed by atoms with Gasteiger partial charge in [0.1, 0.15) is 16.1 Å². The number of nitrogens with zero attached hydrogens (tertiary/aromatic N) is 1. The second kappa shape index (κ2) is 8.29. The van der Waals surface area contributed by atoms with Crippen molar-refractivity contribution in [2.75, 3.05) is 0 Å². The molecule has 0 fully saturated rings.